The summed E-state index contributed by atoms with van der Waals surface area (Å²) in [6, 6.07) is 4.11. The summed E-state index contributed by atoms with van der Waals surface area (Å²) in [6.07, 6.45) is 5.94. The average Bonchev–Trinajstić information content (AvgIpc) is 2.83. The highest BCUT2D eigenvalue weighted by molar-refractivity contribution is 9.10. The molecule has 14 heavy (non-hydrogen) atoms. The van der Waals surface area contributed by atoms with Crippen LogP contribution in [0.25, 0.3) is 5.52 Å². The highest BCUT2D eigenvalue weighted by atomic mass is 79.9. The summed E-state index contributed by atoms with van der Waals surface area (Å²) < 4.78 is 2.89. The summed E-state index contributed by atoms with van der Waals surface area (Å²) >= 11 is 3.45. The molecule has 0 aliphatic heterocycles. The van der Waals surface area contributed by atoms with Gasteiger partial charge in [-0.2, -0.15) is 0 Å². The van der Waals surface area contributed by atoms with Crippen LogP contribution >= 0.6 is 15.9 Å². The number of pyridine rings is 1. The Morgan fingerprint density at radius 2 is 2.29 bits per heavy atom. The fraction of sp³-hybridized carbons (Fsp3) is 0.300. The number of rotatable bonds is 1. The number of aromatic nitrogens is 2. The van der Waals surface area contributed by atoms with Gasteiger partial charge in [-0.05, 0) is 40.4 Å². The lowest BCUT2D eigenvalue weighted by molar-refractivity contribution is 0.742. The molecular formula is C10H10BrN3. The first kappa shape index (κ1) is 8.44. The Kier molecular flexibility index (Phi) is 1.56. The maximum atomic E-state index is 6.20. The first-order valence-corrected chi connectivity index (χ1v) is 5.40. The van der Waals surface area contributed by atoms with Gasteiger partial charge in [-0.1, -0.05) is 6.07 Å². The molecule has 0 unspecified atom stereocenters. The number of hydrogen-bond donors (Lipinski definition) is 1. The zero-order valence-corrected chi connectivity index (χ0v) is 9.16. The van der Waals surface area contributed by atoms with Crippen molar-refractivity contribution in [3.8, 4) is 0 Å². The molecule has 1 aliphatic rings. The van der Waals surface area contributed by atoms with E-state index in [-0.39, 0.29) is 5.54 Å². The minimum atomic E-state index is -0.106. The molecule has 0 saturated heterocycles. The first-order chi connectivity index (χ1) is 6.71. The molecule has 0 aromatic carbocycles. The number of nitrogens with two attached hydrogens (primary N) is 1. The van der Waals surface area contributed by atoms with Crippen molar-refractivity contribution in [2.75, 3.05) is 0 Å². The van der Waals surface area contributed by atoms with E-state index in [1.807, 2.05) is 16.7 Å². The minimum Gasteiger partial charge on any atom is -0.321 e. The molecule has 0 radical (unpaired) electrons. The molecule has 1 aliphatic carbocycles. The van der Waals surface area contributed by atoms with E-state index in [0.29, 0.717) is 0 Å². The van der Waals surface area contributed by atoms with Crippen molar-refractivity contribution in [2.45, 2.75) is 18.4 Å². The summed E-state index contributed by atoms with van der Waals surface area (Å²) in [7, 11) is 0. The highest BCUT2D eigenvalue weighted by Gasteiger charge is 2.41. The van der Waals surface area contributed by atoms with E-state index >= 15 is 0 Å². The van der Waals surface area contributed by atoms with E-state index in [4.69, 9.17) is 5.73 Å². The molecular weight excluding hydrogens is 242 g/mol. The summed E-state index contributed by atoms with van der Waals surface area (Å²) in [4.78, 5) is 4.22. The van der Waals surface area contributed by atoms with Crippen LogP contribution in [0.15, 0.2) is 29.3 Å². The Labute approximate surface area is 90.1 Å². The topological polar surface area (TPSA) is 43.3 Å². The van der Waals surface area contributed by atoms with Crippen molar-refractivity contribution in [3.05, 3.63) is 34.8 Å². The highest BCUT2D eigenvalue weighted by Crippen LogP contribution is 2.45. The van der Waals surface area contributed by atoms with E-state index in [1.165, 1.54) is 5.56 Å². The monoisotopic (exact) mass is 251 g/mol. The summed E-state index contributed by atoms with van der Waals surface area (Å²) in [6.45, 7) is 0. The van der Waals surface area contributed by atoms with Gasteiger partial charge in [0.25, 0.3) is 0 Å². The lowest BCUT2D eigenvalue weighted by Crippen LogP contribution is -2.19. The second-order valence-corrected chi connectivity index (χ2v) is 4.62. The van der Waals surface area contributed by atoms with E-state index < -0.39 is 0 Å². The van der Waals surface area contributed by atoms with Crippen molar-refractivity contribution in [2.24, 2.45) is 5.73 Å². The van der Waals surface area contributed by atoms with Gasteiger partial charge in [-0.3, -0.25) is 0 Å². The zero-order chi connectivity index (χ0) is 9.76. The van der Waals surface area contributed by atoms with Gasteiger partial charge in [0.15, 0.2) is 0 Å². The standard InChI is InChI=1S/C10H10BrN3/c11-9-8-7(10(12)3-4-10)2-1-5-14(8)6-13-9/h1-2,5-6H,3-4,12H2. The van der Waals surface area contributed by atoms with Gasteiger partial charge in [-0.25, -0.2) is 4.98 Å². The minimum absolute atomic E-state index is 0.106. The van der Waals surface area contributed by atoms with E-state index in [2.05, 4.69) is 27.0 Å². The SMILES string of the molecule is NC1(c2cccn3cnc(Br)c23)CC1. The fourth-order valence-electron chi connectivity index (χ4n) is 1.82. The molecule has 4 heteroatoms. The molecule has 0 spiro atoms. The Hall–Kier alpha value is -0.870. The third-order valence-electron chi connectivity index (χ3n) is 2.84. The quantitative estimate of drug-likeness (QED) is 0.844. The van der Waals surface area contributed by atoms with Crippen LogP contribution in [0.5, 0.6) is 0 Å². The molecule has 2 heterocycles. The van der Waals surface area contributed by atoms with Crippen molar-refractivity contribution < 1.29 is 0 Å². The van der Waals surface area contributed by atoms with Crippen LogP contribution in [-0.4, -0.2) is 9.38 Å². The number of hydrogen-bond acceptors (Lipinski definition) is 2. The fourth-order valence-corrected chi connectivity index (χ4v) is 2.33. The van der Waals surface area contributed by atoms with Gasteiger partial charge in [0.2, 0.25) is 0 Å². The third-order valence-corrected chi connectivity index (χ3v) is 3.42. The molecule has 0 atom stereocenters. The second kappa shape index (κ2) is 2.58. The number of nitrogens with zero attached hydrogens (tertiary/aromatic N) is 2. The summed E-state index contributed by atoms with van der Waals surface area (Å²) in [5, 5.41) is 0. The van der Waals surface area contributed by atoms with Gasteiger partial charge in [-0.15, -0.1) is 0 Å². The smallest absolute Gasteiger partial charge is 0.132 e. The predicted octanol–water partition coefficient (Wildman–Crippen LogP) is 2.04. The van der Waals surface area contributed by atoms with Crippen LogP contribution in [0.2, 0.25) is 0 Å². The predicted molar refractivity (Wildman–Crippen MR) is 58.0 cm³/mol. The molecule has 1 fully saturated rings. The second-order valence-electron chi connectivity index (χ2n) is 3.87. The molecule has 3 nitrogen and oxygen atoms in total. The number of imidazole rings is 1. The van der Waals surface area contributed by atoms with E-state index in [1.54, 1.807) is 6.33 Å². The van der Waals surface area contributed by atoms with E-state index in [9.17, 15) is 0 Å². The zero-order valence-electron chi connectivity index (χ0n) is 7.57. The molecule has 1 saturated carbocycles. The van der Waals surface area contributed by atoms with Crippen LogP contribution in [0.1, 0.15) is 18.4 Å². The third kappa shape index (κ3) is 1.04. The Morgan fingerprint density at radius 1 is 1.50 bits per heavy atom. The number of halogens is 1. The molecule has 3 rings (SSSR count). The maximum Gasteiger partial charge on any atom is 0.132 e. The largest absolute Gasteiger partial charge is 0.321 e. The summed E-state index contributed by atoms with van der Waals surface area (Å²) in [5.41, 5.74) is 8.40. The lowest BCUT2D eigenvalue weighted by atomic mass is 10.1. The van der Waals surface area contributed by atoms with Crippen LogP contribution < -0.4 is 5.73 Å². The number of fused-ring (bicyclic) bond motifs is 1. The van der Waals surface area contributed by atoms with Gasteiger partial charge >= 0.3 is 0 Å². The molecule has 2 aromatic rings. The Bertz CT molecular complexity index is 499. The van der Waals surface area contributed by atoms with Gasteiger partial charge in [0.1, 0.15) is 10.9 Å². The van der Waals surface area contributed by atoms with Crippen molar-refractivity contribution >= 4 is 21.4 Å². The van der Waals surface area contributed by atoms with Gasteiger partial charge in [0.05, 0.1) is 5.52 Å². The molecule has 2 aromatic heterocycles. The van der Waals surface area contributed by atoms with Crippen molar-refractivity contribution in [1.82, 2.24) is 9.38 Å². The lowest BCUT2D eigenvalue weighted by Gasteiger charge is -2.10. The molecule has 0 bridgehead atoms. The molecule has 2 N–H and O–H groups in total. The van der Waals surface area contributed by atoms with Crippen LogP contribution in [0.4, 0.5) is 0 Å². The van der Waals surface area contributed by atoms with Crippen LogP contribution in [0.3, 0.4) is 0 Å². The van der Waals surface area contributed by atoms with E-state index in [0.717, 1.165) is 23.0 Å². The first-order valence-electron chi connectivity index (χ1n) is 4.61. The molecule has 72 valence electrons. The normalized spacial score (nSPS) is 18.7. The average molecular weight is 252 g/mol. The van der Waals surface area contributed by atoms with Crippen molar-refractivity contribution in [3.63, 3.8) is 0 Å². The summed E-state index contributed by atoms with van der Waals surface area (Å²) in [5.74, 6) is 0. The molecule has 0 amide bonds. The van der Waals surface area contributed by atoms with Crippen molar-refractivity contribution in [1.29, 1.82) is 0 Å². The van der Waals surface area contributed by atoms with Gasteiger partial charge in [0, 0.05) is 11.7 Å². The maximum absolute atomic E-state index is 6.20. The van der Waals surface area contributed by atoms with Crippen LogP contribution in [0, 0.1) is 0 Å². The van der Waals surface area contributed by atoms with Crippen LogP contribution in [-0.2, 0) is 5.54 Å². The Balaban J connectivity index is 2.37. The Morgan fingerprint density at radius 3 is 3.00 bits per heavy atom. The van der Waals surface area contributed by atoms with Gasteiger partial charge < -0.3 is 10.1 Å².